The molecular weight excluding hydrogens is 264 g/mol. The Morgan fingerprint density at radius 2 is 2.16 bits per heavy atom. The van der Waals surface area contributed by atoms with Crippen molar-refractivity contribution < 1.29 is 9.53 Å². The first-order chi connectivity index (χ1) is 8.52. The van der Waals surface area contributed by atoms with Gasteiger partial charge in [0.15, 0.2) is 0 Å². The quantitative estimate of drug-likeness (QED) is 0.845. The summed E-state index contributed by atoms with van der Waals surface area (Å²) in [4.78, 5) is 11.6. The molecule has 1 unspecified atom stereocenters. The Bertz CT molecular complexity index is 408. The van der Waals surface area contributed by atoms with Gasteiger partial charge in [0.2, 0.25) is 5.91 Å². The maximum atomic E-state index is 11.6. The summed E-state index contributed by atoms with van der Waals surface area (Å²) in [7, 11) is 0. The van der Waals surface area contributed by atoms with Crippen LogP contribution in [0.2, 0.25) is 0 Å². The molecule has 19 heavy (non-hydrogen) atoms. The summed E-state index contributed by atoms with van der Waals surface area (Å²) in [6.07, 6.45) is 1.31. The van der Waals surface area contributed by atoms with E-state index in [-0.39, 0.29) is 24.4 Å². The standard InChI is InChI=1S/C14H22N2O2.ClH/c1-4-7-18-12-5-6-13(10(2)8-12)16-14(17)9-11(3)15;/h5-6,8,11H,4,7,9,15H2,1-3H3,(H,16,17);1H. The third-order valence-corrected chi connectivity index (χ3v) is 2.45. The van der Waals surface area contributed by atoms with E-state index in [1.807, 2.05) is 32.0 Å². The number of carbonyl (C=O) groups is 1. The summed E-state index contributed by atoms with van der Waals surface area (Å²) in [5, 5.41) is 2.85. The van der Waals surface area contributed by atoms with Crippen LogP contribution in [0.4, 0.5) is 5.69 Å². The Morgan fingerprint density at radius 1 is 1.47 bits per heavy atom. The van der Waals surface area contributed by atoms with Gasteiger partial charge in [-0.1, -0.05) is 6.92 Å². The molecule has 0 saturated carbocycles. The second-order valence-electron chi connectivity index (χ2n) is 4.55. The van der Waals surface area contributed by atoms with E-state index >= 15 is 0 Å². The molecule has 5 heteroatoms. The van der Waals surface area contributed by atoms with E-state index in [1.165, 1.54) is 0 Å². The van der Waals surface area contributed by atoms with Crippen LogP contribution in [-0.2, 0) is 4.79 Å². The number of nitrogens with one attached hydrogen (secondary N) is 1. The largest absolute Gasteiger partial charge is 0.494 e. The molecule has 3 N–H and O–H groups in total. The molecule has 108 valence electrons. The van der Waals surface area contributed by atoms with Crippen LogP contribution in [0.3, 0.4) is 0 Å². The predicted molar refractivity (Wildman–Crippen MR) is 81.1 cm³/mol. The summed E-state index contributed by atoms with van der Waals surface area (Å²) in [5.41, 5.74) is 7.38. The minimum atomic E-state index is -0.127. The van der Waals surface area contributed by atoms with Crippen molar-refractivity contribution in [2.45, 2.75) is 39.7 Å². The zero-order valence-corrected chi connectivity index (χ0v) is 12.5. The second kappa shape index (κ2) is 8.77. The van der Waals surface area contributed by atoms with E-state index in [0.717, 1.165) is 23.4 Å². The lowest BCUT2D eigenvalue weighted by atomic mass is 10.1. The number of halogens is 1. The second-order valence-corrected chi connectivity index (χ2v) is 4.55. The van der Waals surface area contributed by atoms with Gasteiger partial charge in [0.25, 0.3) is 0 Å². The molecule has 1 aromatic carbocycles. The molecule has 0 radical (unpaired) electrons. The van der Waals surface area contributed by atoms with Crippen molar-refractivity contribution in [2.75, 3.05) is 11.9 Å². The Balaban J connectivity index is 0.00000324. The molecule has 0 aliphatic heterocycles. The first-order valence-corrected chi connectivity index (χ1v) is 6.31. The van der Waals surface area contributed by atoms with Crippen molar-refractivity contribution in [1.82, 2.24) is 0 Å². The summed E-state index contributed by atoms with van der Waals surface area (Å²) < 4.78 is 5.53. The first kappa shape index (κ1) is 17.7. The number of hydrogen-bond donors (Lipinski definition) is 2. The van der Waals surface area contributed by atoms with Crippen LogP contribution in [0.5, 0.6) is 5.75 Å². The Kier molecular flexibility index (Phi) is 8.19. The lowest BCUT2D eigenvalue weighted by Crippen LogP contribution is -2.24. The minimum absolute atomic E-state index is 0. The molecular formula is C14H23ClN2O2. The van der Waals surface area contributed by atoms with Gasteiger partial charge < -0.3 is 15.8 Å². The highest BCUT2D eigenvalue weighted by Crippen LogP contribution is 2.21. The zero-order chi connectivity index (χ0) is 13.5. The topological polar surface area (TPSA) is 64.3 Å². The fourth-order valence-corrected chi connectivity index (χ4v) is 1.58. The smallest absolute Gasteiger partial charge is 0.225 e. The van der Waals surface area contributed by atoms with Crippen LogP contribution < -0.4 is 15.8 Å². The number of anilines is 1. The van der Waals surface area contributed by atoms with E-state index in [0.29, 0.717) is 13.0 Å². The van der Waals surface area contributed by atoms with Crippen LogP contribution in [0.1, 0.15) is 32.3 Å². The SMILES string of the molecule is CCCOc1ccc(NC(=O)CC(C)N)c(C)c1.Cl. The van der Waals surface area contributed by atoms with Gasteiger partial charge in [-0.05, 0) is 44.0 Å². The maximum Gasteiger partial charge on any atom is 0.225 e. The Hall–Kier alpha value is -1.26. The fraction of sp³-hybridized carbons (Fsp3) is 0.500. The zero-order valence-electron chi connectivity index (χ0n) is 11.7. The van der Waals surface area contributed by atoms with Gasteiger partial charge in [-0.25, -0.2) is 0 Å². The third kappa shape index (κ3) is 6.45. The van der Waals surface area contributed by atoms with Gasteiger partial charge in [0, 0.05) is 18.2 Å². The van der Waals surface area contributed by atoms with Crippen molar-refractivity contribution in [3.05, 3.63) is 23.8 Å². The monoisotopic (exact) mass is 286 g/mol. The van der Waals surface area contributed by atoms with Crippen molar-refractivity contribution in [1.29, 1.82) is 0 Å². The van der Waals surface area contributed by atoms with E-state index in [1.54, 1.807) is 0 Å². The van der Waals surface area contributed by atoms with Gasteiger partial charge in [0.1, 0.15) is 5.75 Å². The fourth-order valence-electron chi connectivity index (χ4n) is 1.58. The Morgan fingerprint density at radius 3 is 2.68 bits per heavy atom. The number of ether oxygens (including phenoxy) is 1. The molecule has 0 aliphatic rings. The van der Waals surface area contributed by atoms with E-state index in [4.69, 9.17) is 10.5 Å². The number of benzene rings is 1. The van der Waals surface area contributed by atoms with Crippen LogP contribution >= 0.6 is 12.4 Å². The average molecular weight is 287 g/mol. The molecule has 0 aromatic heterocycles. The number of nitrogens with two attached hydrogens (primary N) is 1. The summed E-state index contributed by atoms with van der Waals surface area (Å²) >= 11 is 0. The first-order valence-electron chi connectivity index (χ1n) is 6.31. The lowest BCUT2D eigenvalue weighted by molar-refractivity contribution is -0.116. The van der Waals surface area contributed by atoms with E-state index < -0.39 is 0 Å². The lowest BCUT2D eigenvalue weighted by Gasteiger charge is -2.12. The number of amides is 1. The maximum absolute atomic E-state index is 11.6. The van der Waals surface area contributed by atoms with Crippen molar-refractivity contribution in [3.8, 4) is 5.75 Å². The Labute approximate surface area is 121 Å². The minimum Gasteiger partial charge on any atom is -0.494 e. The van der Waals surface area contributed by atoms with Crippen molar-refractivity contribution in [2.24, 2.45) is 5.73 Å². The predicted octanol–water partition coefficient (Wildman–Crippen LogP) is 2.88. The molecule has 0 saturated heterocycles. The molecule has 0 spiro atoms. The van der Waals surface area contributed by atoms with Gasteiger partial charge in [-0.3, -0.25) is 4.79 Å². The number of aryl methyl sites for hydroxylation is 1. The number of carbonyl (C=O) groups excluding carboxylic acids is 1. The van der Waals surface area contributed by atoms with Crippen LogP contribution in [0.15, 0.2) is 18.2 Å². The van der Waals surface area contributed by atoms with Gasteiger partial charge in [-0.15, -0.1) is 12.4 Å². The molecule has 1 rings (SSSR count). The van der Waals surface area contributed by atoms with E-state index in [9.17, 15) is 4.79 Å². The molecule has 1 atom stereocenters. The summed E-state index contributed by atoms with van der Waals surface area (Å²) in [6.45, 7) is 6.53. The van der Waals surface area contributed by atoms with E-state index in [2.05, 4.69) is 12.2 Å². The highest BCUT2D eigenvalue weighted by molar-refractivity contribution is 5.91. The van der Waals surface area contributed by atoms with Gasteiger partial charge in [0.05, 0.1) is 6.61 Å². The molecule has 0 fully saturated rings. The average Bonchev–Trinajstić information content (AvgIpc) is 2.28. The van der Waals surface area contributed by atoms with Crippen LogP contribution in [0, 0.1) is 6.92 Å². The summed E-state index contributed by atoms with van der Waals surface area (Å²) in [6, 6.07) is 5.53. The molecule has 0 bridgehead atoms. The van der Waals surface area contributed by atoms with Gasteiger partial charge >= 0.3 is 0 Å². The molecule has 0 heterocycles. The summed E-state index contributed by atoms with van der Waals surface area (Å²) in [5.74, 6) is 0.773. The van der Waals surface area contributed by atoms with Crippen molar-refractivity contribution in [3.63, 3.8) is 0 Å². The third-order valence-electron chi connectivity index (χ3n) is 2.45. The van der Waals surface area contributed by atoms with Crippen molar-refractivity contribution >= 4 is 24.0 Å². The molecule has 4 nitrogen and oxygen atoms in total. The molecule has 1 aromatic rings. The number of hydrogen-bond acceptors (Lipinski definition) is 3. The normalized spacial score (nSPS) is 11.4. The van der Waals surface area contributed by atoms with Crippen LogP contribution in [-0.4, -0.2) is 18.6 Å². The molecule has 1 amide bonds. The highest BCUT2D eigenvalue weighted by Gasteiger charge is 2.07. The highest BCUT2D eigenvalue weighted by atomic mass is 35.5. The molecule has 0 aliphatic carbocycles. The van der Waals surface area contributed by atoms with Crippen LogP contribution in [0.25, 0.3) is 0 Å². The number of rotatable bonds is 6. The van der Waals surface area contributed by atoms with Gasteiger partial charge in [-0.2, -0.15) is 0 Å².